The minimum absolute atomic E-state index is 0.0427. The van der Waals surface area contributed by atoms with Crippen LogP contribution in [-0.2, 0) is 11.3 Å². The molecule has 0 atom stereocenters. The highest BCUT2D eigenvalue weighted by atomic mass is 16.5. The number of carbonyl (C=O) groups excluding carboxylic acids is 1. The number of aromatic nitrogens is 1. The van der Waals surface area contributed by atoms with Gasteiger partial charge in [0.05, 0.1) is 12.1 Å². The second kappa shape index (κ2) is 6.27. The highest BCUT2D eigenvalue weighted by molar-refractivity contribution is 5.88. The zero-order valence-corrected chi connectivity index (χ0v) is 11.5. The number of ether oxygens (including phenoxy) is 1. The van der Waals surface area contributed by atoms with Crippen LogP contribution in [0.2, 0.25) is 0 Å². The summed E-state index contributed by atoms with van der Waals surface area (Å²) in [7, 11) is 0. The molecule has 0 aliphatic carbocycles. The molecule has 4 nitrogen and oxygen atoms in total. The molecular formula is C15H20N2O2. The summed E-state index contributed by atoms with van der Waals surface area (Å²) in [6.07, 6.45) is 2.88. The Hall–Kier alpha value is -1.97. The first-order chi connectivity index (χ1) is 9.26. The minimum Gasteiger partial charge on any atom is -0.493 e. The molecule has 2 aromatic rings. The van der Waals surface area contributed by atoms with Gasteiger partial charge in [0.2, 0.25) is 5.91 Å². The first kappa shape index (κ1) is 13.5. The smallest absolute Gasteiger partial charge is 0.239 e. The van der Waals surface area contributed by atoms with Crippen LogP contribution in [0.5, 0.6) is 5.75 Å². The van der Waals surface area contributed by atoms with E-state index in [0.717, 1.165) is 29.6 Å². The third-order valence-corrected chi connectivity index (χ3v) is 2.96. The normalized spacial score (nSPS) is 10.6. The largest absolute Gasteiger partial charge is 0.493 e. The molecule has 0 bridgehead atoms. The van der Waals surface area contributed by atoms with Gasteiger partial charge in [0.1, 0.15) is 12.3 Å². The molecule has 0 saturated heterocycles. The van der Waals surface area contributed by atoms with Crippen molar-refractivity contribution < 1.29 is 9.53 Å². The average molecular weight is 260 g/mol. The van der Waals surface area contributed by atoms with Gasteiger partial charge in [-0.2, -0.15) is 0 Å². The van der Waals surface area contributed by atoms with E-state index in [2.05, 4.69) is 5.32 Å². The summed E-state index contributed by atoms with van der Waals surface area (Å²) in [6.45, 7) is 5.72. The highest BCUT2D eigenvalue weighted by Gasteiger charge is 2.08. The summed E-state index contributed by atoms with van der Waals surface area (Å²) < 4.78 is 7.54. The zero-order valence-electron chi connectivity index (χ0n) is 11.5. The lowest BCUT2D eigenvalue weighted by Gasteiger charge is -2.08. The summed E-state index contributed by atoms with van der Waals surface area (Å²) in [4.78, 5) is 11.8. The van der Waals surface area contributed by atoms with Gasteiger partial charge < -0.3 is 14.6 Å². The van der Waals surface area contributed by atoms with Gasteiger partial charge >= 0.3 is 0 Å². The van der Waals surface area contributed by atoms with E-state index in [1.807, 2.05) is 48.9 Å². The summed E-state index contributed by atoms with van der Waals surface area (Å²) in [5, 5.41) is 3.93. The first-order valence-corrected chi connectivity index (χ1v) is 6.73. The Morgan fingerprint density at radius 3 is 2.89 bits per heavy atom. The molecule has 1 heterocycles. The van der Waals surface area contributed by atoms with Crippen LogP contribution in [0.25, 0.3) is 10.9 Å². The van der Waals surface area contributed by atoms with Crippen molar-refractivity contribution in [2.24, 2.45) is 0 Å². The van der Waals surface area contributed by atoms with Crippen molar-refractivity contribution in [1.29, 1.82) is 0 Å². The van der Waals surface area contributed by atoms with Crippen molar-refractivity contribution in [2.75, 3.05) is 13.2 Å². The topological polar surface area (TPSA) is 43.3 Å². The van der Waals surface area contributed by atoms with Gasteiger partial charge in [-0.15, -0.1) is 0 Å². The molecule has 2 rings (SSSR count). The summed E-state index contributed by atoms with van der Waals surface area (Å²) in [6, 6.07) is 7.90. The van der Waals surface area contributed by atoms with E-state index < -0.39 is 0 Å². The van der Waals surface area contributed by atoms with E-state index in [0.29, 0.717) is 13.2 Å². The van der Waals surface area contributed by atoms with Crippen molar-refractivity contribution in [3.8, 4) is 5.75 Å². The number of nitrogens with zero attached hydrogens (tertiary/aromatic N) is 1. The summed E-state index contributed by atoms with van der Waals surface area (Å²) in [5.74, 6) is 0.911. The quantitative estimate of drug-likeness (QED) is 0.867. The van der Waals surface area contributed by atoms with Crippen LogP contribution in [-0.4, -0.2) is 23.6 Å². The minimum atomic E-state index is 0.0427. The number of carbonyl (C=O) groups is 1. The Bertz CT molecular complexity index is 560. The Labute approximate surface area is 113 Å². The molecule has 0 radical (unpaired) electrons. The molecule has 1 amide bonds. The van der Waals surface area contributed by atoms with Gasteiger partial charge in [0.15, 0.2) is 0 Å². The standard InChI is InChI=1S/C15H20N2O2/c1-3-9-16-15(18)11-17-10-8-12-13(17)6-5-7-14(12)19-4-2/h5-8,10H,3-4,9,11H2,1-2H3,(H,16,18). The van der Waals surface area contributed by atoms with Crippen LogP contribution in [0.15, 0.2) is 30.5 Å². The summed E-state index contributed by atoms with van der Waals surface area (Å²) in [5.41, 5.74) is 1.03. The van der Waals surface area contributed by atoms with Crippen LogP contribution in [0.4, 0.5) is 0 Å². The molecule has 0 aliphatic heterocycles. The predicted molar refractivity (Wildman–Crippen MR) is 76.4 cm³/mol. The van der Waals surface area contributed by atoms with Crippen molar-refractivity contribution >= 4 is 16.8 Å². The maximum atomic E-state index is 11.8. The Balaban J connectivity index is 2.20. The van der Waals surface area contributed by atoms with Crippen LogP contribution in [0.3, 0.4) is 0 Å². The molecule has 0 unspecified atom stereocenters. The number of hydrogen-bond donors (Lipinski definition) is 1. The lowest BCUT2D eigenvalue weighted by atomic mass is 10.2. The molecule has 1 aromatic heterocycles. The molecule has 0 saturated carbocycles. The Kier molecular flexibility index (Phi) is 4.44. The van der Waals surface area contributed by atoms with Crippen LogP contribution in [0, 0.1) is 0 Å². The summed E-state index contributed by atoms with van der Waals surface area (Å²) >= 11 is 0. The number of nitrogens with one attached hydrogen (secondary N) is 1. The van der Waals surface area contributed by atoms with Crippen molar-refractivity contribution in [3.05, 3.63) is 30.5 Å². The van der Waals surface area contributed by atoms with Crippen LogP contribution in [0.1, 0.15) is 20.3 Å². The predicted octanol–water partition coefficient (Wildman–Crippen LogP) is 2.57. The van der Waals surface area contributed by atoms with Gasteiger partial charge in [-0.1, -0.05) is 13.0 Å². The molecule has 1 N–H and O–H groups in total. The van der Waals surface area contributed by atoms with E-state index in [1.54, 1.807) is 0 Å². The fraction of sp³-hybridized carbons (Fsp3) is 0.400. The van der Waals surface area contributed by atoms with Crippen LogP contribution < -0.4 is 10.1 Å². The molecular weight excluding hydrogens is 240 g/mol. The second-order valence-corrected chi connectivity index (χ2v) is 4.42. The van der Waals surface area contributed by atoms with Crippen molar-refractivity contribution in [3.63, 3.8) is 0 Å². The maximum absolute atomic E-state index is 11.8. The van der Waals surface area contributed by atoms with Gasteiger partial charge in [-0.3, -0.25) is 4.79 Å². The first-order valence-electron chi connectivity index (χ1n) is 6.73. The van der Waals surface area contributed by atoms with E-state index in [1.165, 1.54) is 0 Å². The van der Waals surface area contributed by atoms with Crippen LogP contribution >= 0.6 is 0 Å². The SMILES string of the molecule is CCCNC(=O)Cn1ccc2c(OCC)cccc21. The van der Waals surface area contributed by atoms with E-state index in [-0.39, 0.29) is 5.91 Å². The molecule has 4 heteroatoms. The van der Waals surface area contributed by atoms with E-state index >= 15 is 0 Å². The number of fused-ring (bicyclic) bond motifs is 1. The number of hydrogen-bond acceptors (Lipinski definition) is 2. The van der Waals surface area contributed by atoms with E-state index in [4.69, 9.17) is 4.74 Å². The maximum Gasteiger partial charge on any atom is 0.239 e. The second-order valence-electron chi connectivity index (χ2n) is 4.42. The van der Waals surface area contributed by atoms with Gasteiger partial charge in [0, 0.05) is 18.1 Å². The highest BCUT2D eigenvalue weighted by Crippen LogP contribution is 2.26. The zero-order chi connectivity index (χ0) is 13.7. The Morgan fingerprint density at radius 2 is 2.16 bits per heavy atom. The fourth-order valence-corrected chi connectivity index (χ4v) is 2.09. The monoisotopic (exact) mass is 260 g/mol. The lowest BCUT2D eigenvalue weighted by Crippen LogP contribution is -2.27. The van der Waals surface area contributed by atoms with Crippen molar-refractivity contribution in [2.45, 2.75) is 26.8 Å². The molecule has 0 spiro atoms. The van der Waals surface area contributed by atoms with Gasteiger partial charge in [-0.25, -0.2) is 0 Å². The average Bonchev–Trinajstić information content (AvgIpc) is 2.81. The van der Waals surface area contributed by atoms with Crippen molar-refractivity contribution in [1.82, 2.24) is 9.88 Å². The third kappa shape index (κ3) is 3.08. The molecule has 1 aromatic carbocycles. The molecule has 19 heavy (non-hydrogen) atoms. The van der Waals surface area contributed by atoms with E-state index in [9.17, 15) is 4.79 Å². The number of rotatable bonds is 6. The van der Waals surface area contributed by atoms with Gasteiger partial charge in [-0.05, 0) is 31.5 Å². The molecule has 0 fully saturated rings. The van der Waals surface area contributed by atoms with Gasteiger partial charge in [0.25, 0.3) is 0 Å². The lowest BCUT2D eigenvalue weighted by molar-refractivity contribution is -0.121. The fourth-order valence-electron chi connectivity index (χ4n) is 2.09. The number of benzene rings is 1. The Morgan fingerprint density at radius 1 is 1.32 bits per heavy atom. The number of amides is 1. The molecule has 0 aliphatic rings. The molecule has 102 valence electrons. The third-order valence-electron chi connectivity index (χ3n) is 2.96.